The van der Waals surface area contributed by atoms with E-state index in [1.807, 2.05) is 42.2 Å². The van der Waals surface area contributed by atoms with Crippen molar-refractivity contribution in [2.75, 3.05) is 42.6 Å². The molecule has 0 aromatic heterocycles. The standard InChI is InChI=1S/C21H21Cl2N5O2/c1-12-21(29)26-25-18-11-30-17-10-13(2-4-15(17)28(12)18)19-16(5-3-14(22)20(19)23)27-8-6-24-7-9-27/h2-5,10,12,24H,6-9,11H2,1H3,(H,26,29). The molecule has 30 heavy (non-hydrogen) atoms. The van der Waals surface area contributed by atoms with E-state index in [4.69, 9.17) is 27.9 Å². The molecule has 1 atom stereocenters. The molecule has 156 valence electrons. The van der Waals surface area contributed by atoms with Gasteiger partial charge >= 0.3 is 0 Å². The lowest BCUT2D eigenvalue weighted by molar-refractivity contribution is -0.122. The molecule has 0 radical (unpaired) electrons. The van der Waals surface area contributed by atoms with Gasteiger partial charge in [0.15, 0.2) is 5.84 Å². The highest BCUT2D eigenvalue weighted by molar-refractivity contribution is 6.44. The van der Waals surface area contributed by atoms with E-state index < -0.39 is 0 Å². The minimum absolute atomic E-state index is 0.144. The van der Waals surface area contributed by atoms with Crippen LogP contribution in [0.4, 0.5) is 11.4 Å². The number of ether oxygens (including phenoxy) is 1. The molecule has 3 heterocycles. The summed E-state index contributed by atoms with van der Waals surface area (Å²) in [5.74, 6) is 1.23. The van der Waals surface area contributed by atoms with E-state index in [-0.39, 0.29) is 18.6 Å². The van der Waals surface area contributed by atoms with Gasteiger partial charge in [-0.3, -0.25) is 4.79 Å². The first-order chi connectivity index (χ1) is 14.5. The number of rotatable bonds is 2. The van der Waals surface area contributed by atoms with Gasteiger partial charge in [0.2, 0.25) is 0 Å². The molecule has 1 amide bonds. The van der Waals surface area contributed by atoms with E-state index in [0.29, 0.717) is 21.6 Å². The summed E-state index contributed by atoms with van der Waals surface area (Å²) in [6.07, 6.45) is 0. The van der Waals surface area contributed by atoms with Crippen LogP contribution in [0.25, 0.3) is 11.1 Å². The number of hydrogen-bond donors (Lipinski definition) is 2. The minimum atomic E-state index is -0.364. The highest BCUT2D eigenvalue weighted by atomic mass is 35.5. The molecule has 3 aliphatic heterocycles. The monoisotopic (exact) mass is 445 g/mol. The second-order valence-corrected chi connectivity index (χ2v) is 8.30. The fraction of sp³-hybridized carbons (Fsp3) is 0.333. The number of hydrazone groups is 1. The third kappa shape index (κ3) is 3.17. The first-order valence-electron chi connectivity index (χ1n) is 9.91. The second-order valence-electron chi connectivity index (χ2n) is 7.51. The fourth-order valence-corrected chi connectivity index (χ4v) is 4.59. The Morgan fingerprint density at radius 3 is 2.70 bits per heavy atom. The smallest absolute Gasteiger partial charge is 0.262 e. The van der Waals surface area contributed by atoms with Gasteiger partial charge in [0.05, 0.1) is 15.7 Å². The van der Waals surface area contributed by atoms with Gasteiger partial charge in [-0.25, -0.2) is 5.43 Å². The van der Waals surface area contributed by atoms with E-state index in [0.717, 1.165) is 48.7 Å². The van der Waals surface area contributed by atoms with Gasteiger partial charge < -0.3 is 19.9 Å². The lowest BCUT2D eigenvalue weighted by atomic mass is 10.00. The van der Waals surface area contributed by atoms with Crippen LogP contribution in [0.1, 0.15) is 6.92 Å². The van der Waals surface area contributed by atoms with Crippen molar-refractivity contribution < 1.29 is 9.53 Å². The van der Waals surface area contributed by atoms with Crippen LogP contribution in [-0.2, 0) is 4.79 Å². The van der Waals surface area contributed by atoms with Gasteiger partial charge in [-0.2, -0.15) is 5.10 Å². The number of fused-ring (bicyclic) bond motifs is 3. The highest BCUT2D eigenvalue weighted by Crippen LogP contribution is 2.45. The molecular weight excluding hydrogens is 425 g/mol. The third-order valence-electron chi connectivity index (χ3n) is 5.74. The Hall–Kier alpha value is -2.48. The summed E-state index contributed by atoms with van der Waals surface area (Å²) in [5, 5.41) is 8.54. The Kier molecular flexibility index (Phi) is 4.97. The van der Waals surface area contributed by atoms with Crippen molar-refractivity contribution in [3.8, 4) is 16.9 Å². The van der Waals surface area contributed by atoms with E-state index in [2.05, 4.69) is 20.7 Å². The Labute approximate surface area is 184 Å². The average molecular weight is 446 g/mol. The Morgan fingerprint density at radius 1 is 1.13 bits per heavy atom. The van der Waals surface area contributed by atoms with Crippen LogP contribution >= 0.6 is 23.2 Å². The topological polar surface area (TPSA) is 69.2 Å². The Morgan fingerprint density at radius 2 is 1.90 bits per heavy atom. The second kappa shape index (κ2) is 7.65. The molecule has 2 aromatic carbocycles. The number of hydrogen-bond acceptors (Lipinski definition) is 6. The number of benzene rings is 2. The molecule has 0 bridgehead atoms. The number of carbonyl (C=O) groups is 1. The lowest BCUT2D eigenvalue weighted by Crippen LogP contribution is -2.55. The minimum Gasteiger partial charge on any atom is -0.483 e. The maximum Gasteiger partial charge on any atom is 0.262 e. The van der Waals surface area contributed by atoms with Crippen LogP contribution in [0.2, 0.25) is 10.0 Å². The van der Waals surface area contributed by atoms with Gasteiger partial charge in [-0.05, 0) is 36.8 Å². The van der Waals surface area contributed by atoms with Gasteiger partial charge in [0.1, 0.15) is 18.4 Å². The number of halogens is 2. The molecule has 7 nitrogen and oxygen atoms in total. The first kappa shape index (κ1) is 19.5. The quantitative estimate of drug-likeness (QED) is 0.742. The summed E-state index contributed by atoms with van der Waals surface area (Å²) in [7, 11) is 0. The molecular formula is C21H21Cl2N5O2. The molecule has 1 unspecified atom stereocenters. The summed E-state index contributed by atoms with van der Waals surface area (Å²) >= 11 is 13.1. The largest absolute Gasteiger partial charge is 0.483 e. The van der Waals surface area contributed by atoms with Crippen LogP contribution in [0.5, 0.6) is 5.75 Å². The van der Waals surface area contributed by atoms with Crippen molar-refractivity contribution in [3.05, 3.63) is 40.4 Å². The predicted molar refractivity (Wildman–Crippen MR) is 120 cm³/mol. The van der Waals surface area contributed by atoms with Gasteiger partial charge in [0.25, 0.3) is 5.91 Å². The predicted octanol–water partition coefficient (Wildman–Crippen LogP) is 3.10. The van der Waals surface area contributed by atoms with Crippen LogP contribution in [-0.4, -0.2) is 50.6 Å². The summed E-state index contributed by atoms with van der Waals surface area (Å²) in [4.78, 5) is 16.3. The van der Waals surface area contributed by atoms with Crippen molar-refractivity contribution in [1.29, 1.82) is 0 Å². The van der Waals surface area contributed by atoms with Crippen molar-refractivity contribution in [2.24, 2.45) is 5.10 Å². The van der Waals surface area contributed by atoms with Gasteiger partial charge in [-0.15, -0.1) is 0 Å². The number of nitrogens with one attached hydrogen (secondary N) is 2. The van der Waals surface area contributed by atoms with Crippen molar-refractivity contribution in [3.63, 3.8) is 0 Å². The zero-order chi connectivity index (χ0) is 20.8. The molecule has 1 fully saturated rings. The van der Waals surface area contributed by atoms with Crippen LogP contribution < -0.4 is 25.3 Å². The number of piperazine rings is 1. The maximum absolute atomic E-state index is 12.1. The SMILES string of the molecule is CC1C(=O)NN=C2COc3cc(-c4c(N5CCNCC5)ccc(Cl)c4Cl)ccc3N21. The number of carbonyl (C=O) groups excluding carboxylic acids is 1. The summed E-state index contributed by atoms with van der Waals surface area (Å²) in [6.45, 7) is 5.77. The molecule has 0 spiro atoms. The van der Waals surface area contributed by atoms with Gasteiger partial charge in [-0.1, -0.05) is 29.3 Å². The van der Waals surface area contributed by atoms with E-state index >= 15 is 0 Å². The molecule has 5 rings (SSSR count). The van der Waals surface area contributed by atoms with E-state index in [9.17, 15) is 4.79 Å². The lowest BCUT2D eigenvalue weighted by Gasteiger charge is -2.38. The molecule has 2 N–H and O–H groups in total. The van der Waals surface area contributed by atoms with Crippen molar-refractivity contribution >= 4 is 46.3 Å². The maximum atomic E-state index is 12.1. The molecule has 9 heteroatoms. The van der Waals surface area contributed by atoms with Crippen molar-refractivity contribution in [1.82, 2.24) is 10.7 Å². The van der Waals surface area contributed by atoms with Crippen LogP contribution in [0.3, 0.4) is 0 Å². The van der Waals surface area contributed by atoms with E-state index in [1.165, 1.54) is 0 Å². The van der Waals surface area contributed by atoms with Crippen LogP contribution in [0.15, 0.2) is 35.4 Å². The fourth-order valence-electron chi connectivity index (χ4n) is 4.17. The number of anilines is 2. The number of amidine groups is 1. The summed E-state index contributed by atoms with van der Waals surface area (Å²) in [6, 6.07) is 9.42. The normalized spacial score (nSPS) is 20.7. The molecule has 2 aromatic rings. The molecule has 0 aliphatic carbocycles. The summed E-state index contributed by atoms with van der Waals surface area (Å²) in [5.41, 5.74) is 6.22. The van der Waals surface area contributed by atoms with Gasteiger partial charge in [0, 0.05) is 37.4 Å². The third-order valence-corrected chi connectivity index (χ3v) is 6.54. The van der Waals surface area contributed by atoms with Crippen molar-refractivity contribution in [2.45, 2.75) is 13.0 Å². The zero-order valence-electron chi connectivity index (χ0n) is 16.4. The Bertz CT molecular complexity index is 1050. The molecule has 1 saturated heterocycles. The number of amides is 1. The first-order valence-corrected chi connectivity index (χ1v) is 10.7. The van der Waals surface area contributed by atoms with E-state index in [1.54, 1.807) is 0 Å². The summed E-state index contributed by atoms with van der Waals surface area (Å²) < 4.78 is 5.97. The highest BCUT2D eigenvalue weighted by Gasteiger charge is 2.35. The molecule has 0 saturated carbocycles. The van der Waals surface area contributed by atoms with Crippen LogP contribution in [0, 0.1) is 0 Å². The Balaban J connectivity index is 1.60. The molecule has 3 aliphatic rings. The average Bonchev–Trinajstić information content (AvgIpc) is 2.78. The zero-order valence-corrected chi connectivity index (χ0v) is 17.9. The number of nitrogens with zero attached hydrogens (tertiary/aromatic N) is 3.